The molecule has 0 atom stereocenters. The minimum Gasteiger partial charge on any atom is -0.465 e. The van der Waals surface area contributed by atoms with Crippen molar-refractivity contribution in [2.75, 3.05) is 13.1 Å². The van der Waals surface area contributed by atoms with Crippen LogP contribution >= 0.6 is 11.6 Å². The first-order valence-electron chi connectivity index (χ1n) is 8.64. The molecule has 0 saturated carbocycles. The van der Waals surface area contributed by atoms with Crippen molar-refractivity contribution in [3.8, 4) is 0 Å². The topological polar surface area (TPSA) is 62.6 Å². The van der Waals surface area contributed by atoms with Crippen LogP contribution in [0.25, 0.3) is 6.08 Å². The molecule has 1 aliphatic heterocycles. The number of carbonyl (C=O) groups is 2. The minimum absolute atomic E-state index is 0.199. The van der Waals surface area contributed by atoms with Gasteiger partial charge in [-0.15, -0.1) is 0 Å². The van der Waals surface area contributed by atoms with Crippen LogP contribution in [0, 0.1) is 5.92 Å². The highest BCUT2D eigenvalue weighted by Gasteiger charge is 2.24. The third kappa shape index (κ3) is 4.55. The molecule has 2 amide bonds. The molecule has 0 unspecified atom stereocenters. The highest BCUT2D eigenvalue weighted by Crippen LogP contribution is 2.19. The predicted molar refractivity (Wildman–Crippen MR) is 101 cm³/mol. The molecule has 2 heterocycles. The summed E-state index contributed by atoms with van der Waals surface area (Å²) in [5.41, 5.74) is 0.634. The molecule has 1 aliphatic rings. The Kier molecular flexibility index (Phi) is 5.78. The van der Waals surface area contributed by atoms with Gasteiger partial charge in [-0.3, -0.25) is 9.59 Å². The zero-order valence-corrected chi connectivity index (χ0v) is 15.3. The molecule has 1 N–H and O–H groups in total. The van der Waals surface area contributed by atoms with E-state index in [4.69, 9.17) is 16.0 Å². The van der Waals surface area contributed by atoms with Gasteiger partial charge in [-0.2, -0.15) is 0 Å². The van der Waals surface area contributed by atoms with Crippen LogP contribution in [-0.4, -0.2) is 29.8 Å². The number of hydrogen-bond acceptors (Lipinski definition) is 3. The molecule has 2 aromatic rings. The van der Waals surface area contributed by atoms with Gasteiger partial charge in [0.2, 0.25) is 0 Å². The van der Waals surface area contributed by atoms with Crippen molar-refractivity contribution in [2.24, 2.45) is 5.92 Å². The number of hydrogen-bond donors (Lipinski definition) is 1. The van der Waals surface area contributed by atoms with Gasteiger partial charge in [0.15, 0.2) is 0 Å². The minimum atomic E-state index is -0.363. The molecule has 6 heteroatoms. The molecule has 1 aromatic heterocycles. The standard InChI is InChI=1S/C20H21ClN2O3/c1-14-8-10-23(11-9-14)20(25)18(13-17-3-2-12-26-17)22-19(24)15-4-6-16(21)7-5-15/h2-7,12-14H,8-11H2,1H3,(H,22,24)/b18-13+. The van der Waals surface area contributed by atoms with Gasteiger partial charge in [-0.25, -0.2) is 0 Å². The van der Waals surface area contributed by atoms with E-state index in [9.17, 15) is 9.59 Å². The monoisotopic (exact) mass is 372 g/mol. The molecular formula is C20H21ClN2O3. The lowest BCUT2D eigenvalue weighted by Crippen LogP contribution is -2.42. The van der Waals surface area contributed by atoms with Crippen molar-refractivity contribution in [2.45, 2.75) is 19.8 Å². The number of amides is 2. The molecule has 1 fully saturated rings. The third-order valence-electron chi connectivity index (χ3n) is 4.49. The molecule has 0 aliphatic carbocycles. The lowest BCUT2D eigenvalue weighted by molar-refractivity contribution is -0.128. The second-order valence-corrected chi connectivity index (χ2v) is 6.95. The second kappa shape index (κ2) is 8.23. The fraction of sp³-hybridized carbons (Fsp3) is 0.300. The molecular weight excluding hydrogens is 352 g/mol. The van der Waals surface area contributed by atoms with E-state index in [0.717, 1.165) is 12.8 Å². The number of nitrogens with one attached hydrogen (secondary N) is 1. The maximum Gasteiger partial charge on any atom is 0.270 e. The maximum atomic E-state index is 12.9. The number of carbonyl (C=O) groups excluding carboxylic acids is 2. The first-order valence-corrected chi connectivity index (χ1v) is 9.02. The summed E-state index contributed by atoms with van der Waals surface area (Å²) in [6.07, 6.45) is 5.02. The number of rotatable bonds is 4. The van der Waals surface area contributed by atoms with Crippen molar-refractivity contribution >= 4 is 29.5 Å². The van der Waals surface area contributed by atoms with Gasteiger partial charge in [-0.1, -0.05) is 18.5 Å². The summed E-state index contributed by atoms with van der Waals surface area (Å²) in [5.74, 6) is 0.559. The number of furan rings is 1. The van der Waals surface area contributed by atoms with Crippen molar-refractivity contribution < 1.29 is 14.0 Å². The zero-order valence-electron chi connectivity index (χ0n) is 14.6. The fourth-order valence-corrected chi connectivity index (χ4v) is 2.97. The summed E-state index contributed by atoms with van der Waals surface area (Å²) in [5, 5.41) is 3.27. The Labute approximate surface area is 157 Å². The van der Waals surface area contributed by atoms with Crippen molar-refractivity contribution in [3.63, 3.8) is 0 Å². The summed E-state index contributed by atoms with van der Waals surface area (Å²) < 4.78 is 5.31. The van der Waals surface area contributed by atoms with E-state index in [1.54, 1.807) is 47.4 Å². The molecule has 26 heavy (non-hydrogen) atoms. The lowest BCUT2D eigenvalue weighted by Gasteiger charge is -2.31. The number of halogens is 1. The predicted octanol–water partition coefficient (Wildman–Crippen LogP) is 3.96. The van der Waals surface area contributed by atoms with Crippen LogP contribution < -0.4 is 5.32 Å². The average molecular weight is 373 g/mol. The highest BCUT2D eigenvalue weighted by molar-refractivity contribution is 6.30. The van der Waals surface area contributed by atoms with Crippen molar-refractivity contribution in [3.05, 3.63) is 64.7 Å². The van der Waals surface area contributed by atoms with Crippen LogP contribution in [0.3, 0.4) is 0 Å². The summed E-state index contributed by atoms with van der Waals surface area (Å²) in [6, 6.07) is 9.99. The van der Waals surface area contributed by atoms with Gasteiger partial charge < -0.3 is 14.6 Å². The number of benzene rings is 1. The van der Waals surface area contributed by atoms with Crippen LogP contribution in [0.15, 0.2) is 52.8 Å². The van der Waals surface area contributed by atoms with Crippen LogP contribution in [0.5, 0.6) is 0 Å². The van der Waals surface area contributed by atoms with E-state index in [1.165, 1.54) is 6.26 Å². The van der Waals surface area contributed by atoms with Crippen LogP contribution in [0.4, 0.5) is 0 Å². The largest absolute Gasteiger partial charge is 0.465 e. The van der Waals surface area contributed by atoms with E-state index in [-0.39, 0.29) is 17.5 Å². The summed E-state index contributed by atoms with van der Waals surface area (Å²) in [6.45, 7) is 3.56. The summed E-state index contributed by atoms with van der Waals surface area (Å²) >= 11 is 5.86. The normalized spacial score (nSPS) is 15.8. The number of piperidine rings is 1. The lowest BCUT2D eigenvalue weighted by atomic mass is 9.99. The Morgan fingerprint density at radius 3 is 2.50 bits per heavy atom. The van der Waals surface area contributed by atoms with E-state index in [1.807, 2.05) is 0 Å². The molecule has 5 nitrogen and oxygen atoms in total. The van der Waals surface area contributed by atoms with Crippen molar-refractivity contribution in [1.29, 1.82) is 0 Å². The third-order valence-corrected chi connectivity index (χ3v) is 4.74. The van der Waals surface area contributed by atoms with Gasteiger partial charge >= 0.3 is 0 Å². The summed E-state index contributed by atoms with van der Waals surface area (Å²) in [4.78, 5) is 27.2. The molecule has 136 valence electrons. The smallest absolute Gasteiger partial charge is 0.270 e. The SMILES string of the molecule is CC1CCN(C(=O)/C(=C\c2ccco2)NC(=O)c2ccc(Cl)cc2)CC1. The van der Waals surface area contributed by atoms with Crippen molar-refractivity contribution in [1.82, 2.24) is 10.2 Å². The fourth-order valence-electron chi connectivity index (χ4n) is 2.84. The van der Waals surface area contributed by atoms with Crippen LogP contribution in [-0.2, 0) is 4.79 Å². The maximum absolute atomic E-state index is 12.9. The molecule has 1 saturated heterocycles. The molecule has 3 rings (SSSR count). The Morgan fingerprint density at radius 1 is 1.19 bits per heavy atom. The van der Waals surface area contributed by atoms with Gasteiger partial charge in [0.1, 0.15) is 11.5 Å². The molecule has 0 radical (unpaired) electrons. The Bertz CT molecular complexity index is 789. The Hall–Kier alpha value is -2.53. The first-order chi connectivity index (χ1) is 12.5. The molecule has 1 aromatic carbocycles. The quantitative estimate of drug-likeness (QED) is 0.826. The number of likely N-dealkylation sites (tertiary alicyclic amines) is 1. The molecule has 0 spiro atoms. The number of nitrogens with zero attached hydrogens (tertiary/aromatic N) is 1. The van der Waals surface area contributed by atoms with Gasteiger partial charge in [-0.05, 0) is 55.2 Å². The van der Waals surface area contributed by atoms with Crippen LogP contribution in [0.2, 0.25) is 5.02 Å². The first kappa shape index (κ1) is 18.3. The molecule has 0 bridgehead atoms. The Balaban J connectivity index is 1.80. The second-order valence-electron chi connectivity index (χ2n) is 6.51. The Morgan fingerprint density at radius 2 is 1.88 bits per heavy atom. The summed E-state index contributed by atoms with van der Waals surface area (Å²) in [7, 11) is 0. The van der Waals surface area contributed by atoms with Gasteiger partial charge in [0.25, 0.3) is 11.8 Å². The van der Waals surface area contributed by atoms with E-state index in [0.29, 0.717) is 35.4 Å². The highest BCUT2D eigenvalue weighted by atomic mass is 35.5. The van der Waals surface area contributed by atoms with E-state index in [2.05, 4.69) is 12.2 Å². The zero-order chi connectivity index (χ0) is 18.5. The van der Waals surface area contributed by atoms with Gasteiger partial charge in [0.05, 0.1) is 6.26 Å². The van der Waals surface area contributed by atoms with E-state index >= 15 is 0 Å². The van der Waals surface area contributed by atoms with Gasteiger partial charge in [0, 0.05) is 29.8 Å². The van der Waals surface area contributed by atoms with Crippen LogP contribution in [0.1, 0.15) is 35.9 Å². The van der Waals surface area contributed by atoms with E-state index < -0.39 is 0 Å². The average Bonchev–Trinajstić information content (AvgIpc) is 3.15.